The smallest absolute Gasteiger partial charge is 0.334 e. The molecule has 2 heterocycles. The van der Waals surface area contributed by atoms with Crippen molar-refractivity contribution in [2.45, 2.75) is 23.3 Å². The lowest BCUT2D eigenvalue weighted by Crippen LogP contribution is -2.28. The number of benzene rings is 1. The van der Waals surface area contributed by atoms with Crippen LogP contribution in [0.4, 0.5) is 0 Å². The lowest BCUT2D eigenvalue weighted by molar-refractivity contribution is 0.174. The summed E-state index contributed by atoms with van der Waals surface area (Å²) < 4.78 is 43.0. The van der Waals surface area contributed by atoms with Crippen LogP contribution in [0.5, 0.6) is 16.6 Å². The first-order valence-electron chi connectivity index (χ1n) is 9.95. The zero-order valence-corrected chi connectivity index (χ0v) is 18.8. The van der Waals surface area contributed by atoms with E-state index in [0.717, 1.165) is 30.8 Å². The molecule has 4 N–H and O–H groups in total. The quantitative estimate of drug-likeness (QED) is 0.317. The largest absolute Gasteiger partial charge is 0.476 e. The van der Waals surface area contributed by atoms with Gasteiger partial charge in [0.2, 0.25) is 6.79 Å². The van der Waals surface area contributed by atoms with E-state index in [1.165, 1.54) is 11.3 Å². The van der Waals surface area contributed by atoms with E-state index >= 15 is 0 Å². The number of hydrogen-bond acceptors (Lipinski definition) is 7. The fraction of sp³-hybridized carbons (Fsp3) is 0.333. The summed E-state index contributed by atoms with van der Waals surface area (Å²) >= 11 is 1.17. The number of likely N-dealkylation sites (N-methyl/N-ethyl adjacent to an activating group) is 1. The molecule has 31 heavy (non-hydrogen) atoms. The van der Waals surface area contributed by atoms with Gasteiger partial charge in [-0.1, -0.05) is 16.9 Å². The third-order valence-electron chi connectivity index (χ3n) is 4.78. The molecular formula is C21H26N3O5S2+. The van der Waals surface area contributed by atoms with Gasteiger partial charge in [-0.15, -0.1) is 0 Å². The van der Waals surface area contributed by atoms with Crippen LogP contribution < -0.4 is 29.6 Å². The average molecular weight is 465 g/mol. The minimum absolute atomic E-state index is 0.120. The summed E-state index contributed by atoms with van der Waals surface area (Å²) in [6.07, 6.45) is 6.59. The normalized spacial score (nSPS) is 19.0. The molecule has 0 fully saturated rings. The van der Waals surface area contributed by atoms with E-state index < -0.39 is 10.4 Å². The first-order valence-corrected chi connectivity index (χ1v) is 12.3. The predicted octanol–water partition coefficient (Wildman–Crippen LogP) is 2.91. The van der Waals surface area contributed by atoms with Gasteiger partial charge in [0.25, 0.3) is 4.21 Å². The molecule has 4 rings (SSSR count). The lowest BCUT2D eigenvalue weighted by atomic mass is 10.1. The van der Waals surface area contributed by atoms with Crippen molar-refractivity contribution < 1.29 is 23.0 Å². The number of allylic oxidation sites excluding steroid dienone is 2. The summed E-state index contributed by atoms with van der Waals surface area (Å²) in [6, 6.07) is 8.80. The number of nitrogens with one attached hydrogen (secondary N) is 3. The molecule has 2 aromatic rings. The van der Waals surface area contributed by atoms with Gasteiger partial charge in [0.1, 0.15) is 6.10 Å². The molecule has 0 bridgehead atoms. The van der Waals surface area contributed by atoms with E-state index in [1.807, 2.05) is 31.3 Å². The predicted molar refractivity (Wildman–Crippen MR) is 121 cm³/mol. The highest BCUT2D eigenvalue weighted by Crippen LogP contribution is 2.34. The van der Waals surface area contributed by atoms with Crippen molar-refractivity contribution in [1.29, 1.82) is 0 Å². The Morgan fingerprint density at radius 2 is 2.10 bits per heavy atom. The van der Waals surface area contributed by atoms with Gasteiger partial charge in [-0.05, 0) is 58.5 Å². The van der Waals surface area contributed by atoms with Crippen molar-refractivity contribution in [1.82, 2.24) is 15.4 Å². The summed E-state index contributed by atoms with van der Waals surface area (Å²) in [7, 11) is -1.48. The molecule has 1 aliphatic heterocycles. The molecular weight excluding hydrogens is 438 g/mol. The maximum absolute atomic E-state index is 12.8. The van der Waals surface area contributed by atoms with Crippen LogP contribution >= 0.6 is 11.3 Å². The van der Waals surface area contributed by atoms with E-state index in [1.54, 1.807) is 24.3 Å². The highest BCUT2D eigenvalue weighted by Gasteiger charge is 2.32. The van der Waals surface area contributed by atoms with Gasteiger partial charge in [0.05, 0.1) is 6.54 Å². The van der Waals surface area contributed by atoms with Crippen LogP contribution in [0.3, 0.4) is 0 Å². The minimum atomic E-state index is -3.40. The van der Waals surface area contributed by atoms with Crippen LogP contribution in [-0.4, -0.2) is 37.6 Å². The fourth-order valence-corrected chi connectivity index (χ4v) is 5.45. The van der Waals surface area contributed by atoms with Crippen LogP contribution in [0, 0.1) is 0 Å². The number of ether oxygens (including phenoxy) is 3. The molecule has 8 nitrogen and oxygen atoms in total. The molecule has 1 unspecified atom stereocenters. The van der Waals surface area contributed by atoms with Gasteiger partial charge in [-0.3, -0.25) is 0 Å². The molecule has 0 amide bonds. The van der Waals surface area contributed by atoms with E-state index in [2.05, 4.69) is 15.4 Å². The zero-order valence-electron chi connectivity index (χ0n) is 17.1. The Hall–Kier alpha value is -2.37. The lowest BCUT2D eigenvalue weighted by Gasteiger charge is -2.20. The van der Waals surface area contributed by atoms with Crippen molar-refractivity contribution in [3.63, 3.8) is 0 Å². The van der Waals surface area contributed by atoms with Gasteiger partial charge < -0.3 is 24.8 Å². The number of hydrogen-bond donors (Lipinski definition) is 4. The summed E-state index contributed by atoms with van der Waals surface area (Å²) in [4.78, 5) is 0. The zero-order chi connectivity index (χ0) is 21.7. The summed E-state index contributed by atoms with van der Waals surface area (Å²) in [5, 5.41) is 7.08. The highest BCUT2D eigenvalue weighted by atomic mass is 32.3. The number of fused-ring (bicyclic) bond motifs is 1. The summed E-state index contributed by atoms with van der Waals surface area (Å²) in [5.74, 6) is 1.32. The molecule has 0 spiro atoms. The first-order chi connectivity index (χ1) is 15.0. The molecule has 1 aromatic carbocycles. The van der Waals surface area contributed by atoms with Gasteiger partial charge in [0.15, 0.2) is 16.6 Å². The second-order valence-corrected chi connectivity index (χ2v) is 10.2. The molecule has 1 aliphatic carbocycles. The maximum Gasteiger partial charge on any atom is 0.334 e. The highest BCUT2D eigenvalue weighted by molar-refractivity contribution is 7.97. The van der Waals surface area contributed by atoms with Gasteiger partial charge in [0, 0.05) is 31.3 Å². The monoisotopic (exact) mass is 464 g/mol. The van der Waals surface area contributed by atoms with Gasteiger partial charge in [-0.25, -0.2) is 0 Å². The van der Waals surface area contributed by atoms with Crippen LogP contribution in [0.1, 0.15) is 12.0 Å². The number of rotatable bonds is 10. The van der Waals surface area contributed by atoms with E-state index in [9.17, 15) is 8.76 Å². The second kappa shape index (κ2) is 9.84. The Morgan fingerprint density at radius 1 is 1.23 bits per heavy atom. The van der Waals surface area contributed by atoms with Crippen molar-refractivity contribution in [3.05, 3.63) is 59.8 Å². The number of thiophene rings is 1. The van der Waals surface area contributed by atoms with Crippen LogP contribution in [0.2, 0.25) is 0 Å². The van der Waals surface area contributed by atoms with E-state index in [4.69, 9.17) is 14.2 Å². The molecule has 10 heteroatoms. The van der Waals surface area contributed by atoms with Gasteiger partial charge >= 0.3 is 10.4 Å². The molecule has 2 atom stereocenters. The Labute approximate surface area is 186 Å². The Balaban J connectivity index is 1.32. The maximum atomic E-state index is 12.8. The van der Waals surface area contributed by atoms with Gasteiger partial charge in [-0.2, -0.15) is 4.55 Å². The molecule has 1 aromatic heterocycles. The fourth-order valence-electron chi connectivity index (χ4n) is 3.18. The molecule has 2 aliphatic rings. The first kappa shape index (κ1) is 21.8. The van der Waals surface area contributed by atoms with Crippen molar-refractivity contribution in [2.75, 3.05) is 26.9 Å². The van der Waals surface area contributed by atoms with Crippen molar-refractivity contribution >= 4 is 21.7 Å². The minimum Gasteiger partial charge on any atom is -0.476 e. The van der Waals surface area contributed by atoms with Crippen molar-refractivity contribution in [3.8, 4) is 16.6 Å². The molecule has 0 saturated heterocycles. The van der Waals surface area contributed by atoms with Crippen LogP contribution in [-0.2, 0) is 21.2 Å². The SMILES string of the molecule is CNCCNC1=CC=C[C@@H](Oc2ccc([S+](=O)(O)NCc3ccc4c(c3)OCO4)s2)C1. The van der Waals surface area contributed by atoms with E-state index in [0.29, 0.717) is 20.8 Å². The Bertz CT molecular complexity index is 1020. The third kappa shape index (κ3) is 5.66. The van der Waals surface area contributed by atoms with Crippen LogP contribution in [0.25, 0.3) is 0 Å². The summed E-state index contributed by atoms with van der Waals surface area (Å²) in [5.41, 5.74) is 1.94. The molecule has 166 valence electrons. The second-order valence-electron chi connectivity index (χ2n) is 7.08. The Kier molecular flexibility index (Phi) is 6.93. The average Bonchev–Trinajstić information content (AvgIpc) is 3.42. The summed E-state index contributed by atoms with van der Waals surface area (Å²) in [6.45, 7) is 2.14. The standard InChI is InChI=1S/C21H25N3O5S2/c1-22-9-10-23-16-3-2-4-17(12-16)29-20-7-8-21(30-20)31(25,26)24-13-15-5-6-18-19(11-15)28-14-27-18/h2-8,11,17,22-23H,9-10,12-14H2,1H3,(H-,24,25,26)/p+1/t17-/m1/s1. The molecule has 0 saturated carbocycles. The molecule has 0 radical (unpaired) electrons. The van der Waals surface area contributed by atoms with Crippen LogP contribution in [0.15, 0.2) is 58.5 Å². The Morgan fingerprint density at radius 3 is 2.97 bits per heavy atom. The van der Waals surface area contributed by atoms with E-state index in [-0.39, 0.29) is 19.4 Å². The topological polar surface area (TPSA) is 101 Å². The third-order valence-corrected chi connectivity index (χ3v) is 7.69. The van der Waals surface area contributed by atoms with Crippen molar-refractivity contribution in [2.24, 2.45) is 0 Å².